The summed E-state index contributed by atoms with van der Waals surface area (Å²) in [5, 5.41) is 17.7. The first-order chi connectivity index (χ1) is 23.8. The first-order valence-electron chi connectivity index (χ1n) is 15.5. The van der Waals surface area contributed by atoms with Gasteiger partial charge in [-0.3, -0.25) is 0 Å². The van der Waals surface area contributed by atoms with Crippen LogP contribution in [0.15, 0.2) is 196 Å². The zero-order valence-electron chi connectivity index (χ0n) is 25.7. The number of benzene rings is 4. The van der Waals surface area contributed by atoms with Crippen molar-refractivity contribution in [2.45, 2.75) is 0 Å². The number of guanidine groups is 1. The largest absolute Gasteiger partial charge is 0.440 e. The first-order valence-corrected chi connectivity index (χ1v) is 15.5. The average Bonchev–Trinajstić information content (AvgIpc) is 3.79. The molecule has 4 aromatic carbocycles. The van der Waals surface area contributed by atoms with Crippen molar-refractivity contribution in [3.05, 3.63) is 181 Å². The molecule has 0 bridgehead atoms. The van der Waals surface area contributed by atoms with Gasteiger partial charge in [0.1, 0.15) is 17.1 Å². The number of rotatable bonds is 5. The molecule has 2 heterocycles. The van der Waals surface area contributed by atoms with E-state index in [0.717, 1.165) is 45.3 Å². The summed E-state index contributed by atoms with van der Waals surface area (Å²) < 4.78 is 1.74. The summed E-state index contributed by atoms with van der Waals surface area (Å²) in [6, 6.07) is 39.6. The van der Waals surface area contributed by atoms with Gasteiger partial charge in [0.25, 0.3) is 5.96 Å². The Labute approximate surface area is 277 Å². The quantitative estimate of drug-likeness (QED) is 0.231. The molecule has 0 spiro atoms. The van der Waals surface area contributed by atoms with Crippen molar-refractivity contribution in [1.82, 2.24) is 20.6 Å². The van der Waals surface area contributed by atoms with Gasteiger partial charge >= 0.3 is 5.95 Å². The van der Waals surface area contributed by atoms with Crippen LogP contribution in [0.4, 0.5) is 17.3 Å². The second-order valence-electron chi connectivity index (χ2n) is 10.9. The van der Waals surface area contributed by atoms with Gasteiger partial charge in [-0.15, -0.1) is 15.6 Å². The topological polar surface area (TPSA) is 90.2 Å². The number of hydrogen-bond acceptors (Lipinski definition) is 8. The Balaban J connectivity index is 1.03. The van der Waals surface area contributed by atoms with Gasteiger partial charge in [0.15, 0.2) is 0 Å². The first kappa shape index (κ1) is 28.7. The lowest BCUT2D eigenvalue weighted by molar-refractivity contribution is -0.648. The third kappa shape index (κ3) is 6.06. The molecular formula is C38H29N10+. The van der Waals surface area contributed by atoms with Crippen molar-refractivity contribution in [1.29, 1.82) is 0 Å². The molecule has 0 saturated carbocycles. The van der Waals surface area contributed by atoms with Gasteiger partial charge in [-0.25, -0.2) is 10.0 Å². The Morgan fingerprint density at radius 2 is 1.02 bits per heavy atom. The Kier molecular flexibility index (Phi) is 7.71. The lowest BCUT2D eigenvalue weighted by atomic mass is 9.98. The summed E-state index contributed by atoms with van der Waals surface area (Å²) in [5.74, 6) is 1.00. The molecule has 3 aliphatic rings. The van der Waals surface area contributed by atoms with E-state index in [1.807, 2.05) is 151 Å². The maximum absolute atomic E-state index is 4.88. The van der Waals surface area contributed by atoms with Crippen LogP contribution in [-0.4, -0.2) is 32.5 Å². The van der Waals surface area contributed by atoms with Crippen LogP contribution in [0.3, 0.4) is 0 Å². The van der Waals surface area contributed by atoms with E-state index >= 15 is 0 Å². The fourth-order valence-electron chi connectivity index (χ4n) is 5.24. The predicted octanol–water partition coefficient (Wildman–Crippen LogP) is 6.32. The van der Waals surface area contributed by atoms with Gasteiger partial charge in [0.05, 0.1) is 22.2 Å². The lowest BCUT2D eigenvalue weighted by Gasteiger charge is -2.20. The molecule has 0 radical (unpaired) electrons. The van der Waals surface area contributed by atoms with Crippen LogP contribution in [0.2, 0.25) is 0 Å². The highest BCUT2D eigenvalue weighted by molar-refractivity contribution is 6.14. The number of allylic oxidation sites excluding steroid dienone is 10. The van der Waals surface area contributed by atoms with Crippen LogP contribution in [0, 0.1) is 0 Å². The van der Waals surface area contributed by atoms with Crippen molar-refractivity contribution < 1.29 is 4.68 Å². The molecule has 0 saturated heterocycles. The minimum Gasteiger partial charge on any atom is -0.222 e. The average molecular weight is 626 g/mol. The fourth-order valence-corrected chi connectivity index (χ4v) is 5.24. The Bertz CT molecular complexity index is 2150. The van der Waals surface area contributed by atoms with Crippen molar-refractivity contribution in [2.24, 2.45) is 15.1 Å². The number of hydrogen-bond donors (Lipinski definition) is 1. The molecule has 8 rings (SSSR count). The van der Waals surface area contributed by atoms with Crippen molar-refractivity contribution in [2.75, 3.05) is 10.1 Å². The number of nitrogens with one attached hydrogen (secondary N) is 1. The minimum absolute atomic E-state index is 0.475. The van der Waals surface area contributed by atoms with E-state index in [9.17, 15) is 0 Å². The predicted molar refractivity (Wildman–Crippen MR) is 189 cm³/mol. The smallest absolute Gasteiger partial charge is 0.222 e. The number of nitrogens with zero attached hydrogens (tertiary/aromatic N) is 9. The normalized spacial score (nSPS) is 15.4. The third-order valence-corrected chi connectivity index (χ3v) is 7.66. The summed E-state index contributed by atoms with van der Waals surface area (Å²) in [6.07, 6.45) is 16.2. The van der Waals surface area contributed by atoms with E-state index in [4.69, 9.17) is 25.4 Å². The van der Waals surface area contributed by atoms with E-state index in [1.54, 1.807) is 14.6 Å². The summed E-state index contributed by atoms with van der Waals surface area (Å²) in [6.45, 7) is 0. The molecule has 0 atom stereocenters. The number of hydrazine groups is 2. The van der Waals surface area contributed by atoms with Gasteiger partial charge in [-0.1, -0.05) is 102 Å². The number of aliphatic imine (C=N–C) groups is 2. The van der Waals surface area contributed by atoms with E-state index in [0.29, 0.717) is 11.9 Å². The van der Waals surface area contributed by atoms with E-state index < -0.39 is 0 Å². The molecule has 1 N–H and O–H groups in total. The molecule has 10 heteroatoms. The van der Waals surface area contributed by atoms with Crippen molar-refractivity contribution >= 4 is 34.7 Å². The van der Waals surface area contributed by atoms with E-state index in [1.165, 1.54) is 0 Å². The Morgan fingerprint density at radius 3 is 1.60 bits per heavy atom. The highest BCUT2D eigenvalue weighted by Crippen LogP contribution is 2.23. The molecule has 0 fully saturated rings. The second-order valence-corrected chi connectivity index (χ2v) is 10.9. The molecule has 230 valence electrons. The highest BCUT2D eigenvalue weighted by Gasteiger charge is 2.26. The van der Waals surface area contributed by atoms with Gasteiger partial charge in [0, 0.05) is 5.21 Å². The van der Waals surface area contributed by atoms with Crippen LogP contribution >= 0.6 is 0 Å². The molecule has 5 aromatic rings. The highest BCUT2D eigenvalue weighted by atomic mass is 15.9. The van der Waals surface area contributed by atoms with Gasteiger partial charge in [-0.05, 0) is 88.8 Å². The van der Waals surface area contributed by atoms with Gasteiger partial charge in [-0.2, -0.15) is 5.12 Å². The molecule has 0 unspecified atom stereocenters. The summed E-state index contributed by atoms with van der Waals surface area (Å²) in [4.78, 5) is 11.3. The van der Waals surface area contributed by atoms with E-state index in [2.05, 4.69) is 29.8 Å². The minimum atomic E-state index is 0.475. The summed E-state index contributed by atoms with van der Waals surface area (Å²) >= 11 is 0. The maximum Gasteiger partial charge on any atom is 0.440 e. The fraction of sp³-hybridized carbons (Fsp3) is 0. The lowest BCUT2D eigenvalue weighted by Crippen LogP contribution is -2.43. The second kappa shape index (κ2) is 12.9. The van der Waals surface area contributed by atoms with Gasteiger partial charge < -0.3 is 0 Å². The summed E-state index contributed by atoms with van der Waals surface area (Å²) in [5.41, 5.74) is 10.6. The number of tetrazole rings is 1. The standard InChI is InChI=1S/C38H29N10/c1-5-13-33(14-6-1)45-37(41-47(43-45)35-17-9-3-10-18-35)39-31-25-21-29(22-26-31)30-23-27-32(28-24-30)40-38-42-48(36-19-11-4-12-20-36)44-46(38)34-15-7-2-8-16-34/h1-28,43H/q+1. The molecule has 10 nitrogen and oxygen atoms in total. The molecule has 1 aromatic heterocycles. The van der Waals surface area contributed by atoms with Crippen molar-refractivity contribution in [3.63, 3.8) is 0 Å². The SMILES string of the molecule is C1=CC(=C2C=CC(=Nc3nn(-c4ccccc4)n[n+]3-c3ccccc3)C=C2)C=CC1=NC1=NN(c2ccccc2)NN1c1ccccc1. The molecule has 2 aliphatic carbocycles. The van der Waals surface area contributed by atoms with Crippen LogP contribution in [-0.2, 0) is 0 Å². The number of para-hydroxylation sites is 4. The Morgan fingerprint density at radius 1 is 0.521 bits per heavy atom. The number of aromatic nitrogens is 4. The van der Waals surface area contributed by atoms with Gasteiger partial charge in [0.2, 0.25) is 0 Å². The molecule has 0 amide bonds. The monoisotopic (exact) mass is 625 g/mol. The molecule has 48 heavy (non-hydrogen) atoms. The van der Waals surface area contributed by atoms with Crippen molar-refractivity contribution in [3.8, 4) is 11.4 Å². The van der Waals surface area contributed by atoms with Crippen LogP contribution in [0.5, 0.6) is 0 Å². The van der Waals surface area contributed by atoms with Crippen LogP contribution in [0.1, 0.15) is 0 Å². The molecule has 1 aliphatic heterocycles. The third-order valence-electron chi connectivity index (χ3n) is 7.66. The zero-order valence-corrected chi connectivity index (χ0v) is 25.7. The number of anilines is 2. The number of hydrazone groups is 1. The summed E-state index contributed by atoms with van der Waals surface area (Å²) in [7, 11) is 0. The maximum atomic E-state index is 4.88. The zero-order chi connectivity index (χ0) is 32.1. The van der Waals surface area contributed by atoms with Crippen LogP contribution in [0.25, 0.3) is 11.4 Å². The Hall–Kier alpha value is -6.78. The van der Waals surface area contributed by atoms with Crippen LogP contribution < -0.4 is 20.3 Å². The molecular weight excluding hydrogens is 596 g/mol. The van der Waals surface area contributed by atoms with E-state index in [-0.39, 0.29) is 0 Å².